The number of aromatic nitrogens is 2. The Labute approximate surface area is 142 Å². The lowest BCUT2D eigenvalue weighted by atomic mass is 9.95. The van der Waals surface area contributed by atoms with Crippen molar-refractivity contribution in [2.24, 2.45) is 0 Å². The van der Waals surface area contributed by atoms with Crippen molar-refractivity contribution in [3.63, 3.8) is 0 Å². The van der Waals surface area contributed by atoms with Crippen molar-refractivity contribution in [3.8, 4) is 0 Å². The maximum atomic E-state index is 12.3. The van der Waals surface area contributed by atoms with Crippen molar-refractivity contribution in [1.82, 2.24) is 10.2 Å². The van der Waals surface area contributed by atoms with Crippen molar-refractivity contribution in [1.29, 1.82) is 0 Å². The Balaban J connectivity index is 1.64. The van der Waals surface area contributed by atoms with Crippen LogP contribution in [-0.4, -0.2) is 22.1 Å². The number of amides is 1. The molecule has 0 unspecified atom stereocenters. The minimum Gasteiger partial charge on any atom is -0.366 e. The number of anilines is 2. The van der Waals surface area contributed by atoms with Crippen LogP contribution in [0.1, 0.15) is 53.7 Å². The van der Waals surface area contributed by atoms with Gasteiger partial charge in [-0.25, -0.2) is 0 Å². The van der Waals surface area contributed by atoms with Gasteiger partial charge in [0, 0.05) is 11.7 Å². The molecular weight excluding hydrogens is 300 g/mol. The lowest BCUT2D eigenvalue weighted by Gasteiger charge is -2.22. The van der Waals surface area contributed by atoms with Gasteiger partial charge in [0.05, 0.1) is 0 Å². The lowest BCUT2D eigenvalue weighted by Crippen LogP contribution is -2.23. The Kier molecular flexibility index (Phi) is 5.08. The van der Waals surface area contributed by atoms with E-state index >= 15 is 0 Å². The van der Waals surface area contributed by atoms with Crippen LogP contribution in [0.15, 0.2) is 30.3 Å². The number of rotatable bonds is 4. The van der Waals surface area contributed by atoms with Gasteiger partial charge in [0.1, 0.15) is 5.82 Å². The topological polar surface area (TPSA) is 66.9 Å². The van der Waals surface area contributed by atoms with Crippen LogP contribution in [0.5, 0.6) is 0 Å². The highest BCUT2D eigenvalue weighted by atomic mass is 16.1. The first-order chi connectivity index (χ1) is 11.6. The molecule has 0 saturated heterocycles. The molecule has 24 heavy (non-hydrogen) atoms. The number of carbonyl (C=O) groups is 1. The van der Waals surface area contributed by atoms with Crippen molar-refractivity contribution in [2.45, 2.75) is 52.0 Å². The molecule has 0 spiro atoms. The lowest BCUT2D eigenvalue weighted by molar-refractivity contribution is 0.102. The molecule has 1 aromatic heterocycles. The standard InChI is InChI=1S/C19H24N4O/c1-13-8-9-14(2)17(12-13)21-19(24)16-10-11-18(23-22-16)20-15-6-4-3-5-7-15/h8-12,15H,3-7H2,1-2H3,(H,20,23)(H,21,24). The summed E-state index contributed by atoms with van der Waals surface area (Å²) < 4.78 is 0. The highest BCUT2D eigenvalue weighted by Gasteiger charge is 2.15. The smallest absolute Gasteiger partial charge is 0.276 e. The number of benzene rings is 1. The Morgan fingerprint density at radius 3 is 2.54 bits per heavy atom. The van der Waals surface area contributed by atoms with E-state index in [1.165, 1.54) is 32.1 Å². The summed E-state index contributed by atoms with van der Waals surface area (Å²) in [6, 6.07) is 10.0. The first-order valence-corrected chi connectivity index (χ1v) is 8.61. The fraction of sp³-hybridized carbons (Fsp3) is 0.421. The molecule has 2 aromatic rings. The van der Waals surface area contributed by atoms with Crippen molar-refractivity contribution in [2.75, 3.05) is 10.6 Å². The Morgan fingerprint density at radius 2 is 1.83 bits per heavy atom. The molecular formula is C19H24N4O. The van der Waals surface area contributed by atoms with E-state index in [0.717, 1.165) is 22.6 Å². The van der Waals surface area contributed by atoms with Gasteiger partial charge in [-0.2, -0.15) is 0 Å². The van der Waals surface area contributed by atoms with Crippen molar-refractivity contribution >= 4 is 17.4 Å². The summed E-state index contributed by atoms with van der Waals surface area (Å²) in [6.45, 7) is 3.97. The number of carbonyl (C=O) groups excluding carboxylic acids is 1. The summed E-state index contributed by atoms with van der Waals surface area (Å²) in [5.74, 6) is 0.505. The zero-order chi connectivity index (χ0) is 16.9. The van der Waals surface area contributed by atoms with E-state index in [-0.39, 0.29) is 5.91 Å². The Bertz CT molecular complexity index is 706. The van der Waals surface area contributed by atoms with Crippen LogP contribution in [-0.2, 0) is 0 Å². The van der Waals surface area contributed by atoms with E-state index in [4.69, 9.17) is 0 Å². The van der Waals surface area contributed by atoms with Crippen LogP contribution >= 0.6 is 0 Å². The maximum absolute atomic E-state index is 12.3. The Morgan fingerprint density at radius 1 is 1.04 bits per heavy atom. The van der Waals surface area contributed by atoms with Crippen LogP contribution in [0.2, 0.25) is 0 Å². The van der Waals surface area contributed by atoms with Gasteiger partial charge in [0.15, 0.2) is 5.69 Å². The normalized spacial score (nSPS) is 15.1. The first kappa shape index (κ1) is 16.4. The van der Waals surface area contributed by atoms with E-state index in [1.807, 2.05) is 38.1 Å². The number of hydrogen-bond acceptors (Lipinski definition) is 4. The summed E-state index contributed by atoms with van der Waals surface area (Å²) in [4.78, 5) is 12.3. The molecule has 126 valence electrons. The minimum absolute atomic E-state index is 0.236. The summed E-state index contributed by atoms with van der Waals surface area (Å²) in [5.41, 5.74) is 3.27. The molecule has 1 aliphatic carbocycles. The zero-order valence-corrected chi connectivity index (χ0v) is 14.3. The third-order valence-corrected chi connectivity index (χ3v) is 4.50. The molecule has 0 bridgehead atoms. The van der Waals surface area contributed by atoms with Crippen molar-refractivity contribution in [3.05, 3.63) is 47.2 Å². The van der Waals surface area contributed by atoms with E-state index < -0.39 is 0 Å². The summed E-state index contributed by atoms with van der Waals surface area (Å²) >= 11 is 0. The molecule has 5 nitrogen and oxygen atoms in total. The van der Waals surface area contributed by atoms with Crippen LogP contribution in [0, 0.1) is 13.8 Å². The van der Waals surface area contributed by atoms with Gasteiger partial charge in [-0.3, -0.25) is 4.79 Å². The zero-order valence-electron chi connectivity index (χ0n) is 14.3. The second kappa shape index (κ2) is 7.43. The molecule has 1 aromatic carbocycles. The van der Waals surface area contributed by atoms with Crippen molar-refractivity contribution < 1.29 is 4.79 Å². The molecule has 5 heteroatoms. The summed E-state index contributed by atoms with van der Waals surface area (Å²) in [5, 5.41) is 14.5. The van der Waals surface area contributed by atoms with Gasteiger partial charge in [-0.1, -0.05) is 31.4 Å². The Hall–Kier alpha value is -2.43. The maximum Gasteiger partial charge on any atom is 0.276 e. The number of aryl methyl sites for hydroxylation is 2. The highest BCUT2D eigenvalue weighted by molar-refractivity contribution is 6.03. The molecule has 1 amide bonds. The second-order valence-corrected chi connectivity index (χ2v) is 6.56. The van der Waals surface area contributed by atoms with E-state index in [0.29, 0.717) is 11.7 Å². The number of hydrogen-bond donors (Lipinski definition) is 2. The summed E-state index contributed by atoms with van der Waals surface area (Å²) in [7, 11) is 0. The van der Waals surface area contributed by atoms with Crippen LogP contribution < -0.4 is 10.6 Å². The molecule has 3 rings (SSSR count). The predicted octanol–water partition coefficient (Wildman–Crippen LogP) is 4.09. The molecule has 1 aliphatic rings. The van der Waals surface area contributed by atoms with Crippen LogP contribution in [0.3, 0.4) is 0 Å². The van der Waals surface area contributed by atoms with Gasteiger partial charge >= 0.3 is 0 Å². The average Bonchev–Trinajstić information content (AvgIpc) is 2.60. The number of nitrogens with one attached hydrogen (secondary N) is 2. The van der Waals surface area contributed by atoms with Gasteiger partial charge in [0.2, 0.25) is 0 Å². The second-order valence-electron chi connectivity index (χ2n) is 6.56. The monoisotopic (exact) mass is 324 g/mol. The third kappa shape index (κ3) is 4.10. The van der Waals surface area contributed by atoms with Crippen LogP contribution in [0.4, 0.5) is 11.5 Å². The van der Waals surface area contributed by atoms with E-state index in [9.17, 15) is 4.79 Å². The predicted molar refractivity (Wildman–Crippen MR) is 96.4 cm³/mol. The van der Waals surface area contributed by atoms with Gasteiger partial charge < -0.3 is 10.6 Å². The molecule has 2 N–H and O–H groups in total. The molecule has 0 atom stereocenters. The van der Waals surface area contributed by atoms with Gasteiger partial charge in [-0.05, 0) is 56.0 Å². The molecule has 1 heterocycles. The average molecular weight is 324 g/mol. The largest absolute Gasteiger partial charge is 0.366 e. The molecule has 1 saturated carbocycles. The SMILES string of the molecule is Cc1ccc(C)c(NC(=O)c2ccc(NC3CCCCC3)nn2)c1. The first-order valence-electron chi connectivity index (χ1n) is 8.61. The molecule has 0 radical (unpaired) electrons. The fourth-order valence-electron chi connectivity index (χ4n) is 3.04. The molecule has 1 fully saturated rings. The van der Waals surface area contributed by atoms with E-state index in [2.05, 4.69) is 20.8 Å². The minimum atomic E-state index is -0.236. The van der Waals surface area contributed by atoms with E-state index in [1.54, 1.807) is 6.07 Å². The highest BCUT2D eigenvalue weighted by Crippen LogP contribution is 2.21. The molecule has 0 aliphatic heterocycles. The summed E-state index contributed by atoms with van der Waals surface area (Å²) in [6.07, 6.45) is 6.21. The number of nitrogens with zero attached hydrogens (tertiary/aromatic N) is 2. The van der Waals surface area contributed by atoms with Gasteiger partial charge in [0.25, 0.3) is 5.91 Å². The third-order valence-electron chi connectivity index (χ3n) is 4.50. The quantitative estimate of drug-likeness (QED) is 0.889. The van der Waals surface area contributed by atoms with Gasteiger partial charge in [-0.15, -0.1) is 10.2 Å². The fourth-order valence-corrected chi connectivity index (χ4v) is 3.04. The van der Waals surface area contributed by atoms with Crippen LogP contribution in [0.25, 0.3) is 0 Å².